The van der Waals surface area contributed by atoms with Crippen LogP contribution in [0.4, 0.5) is 0 Å². The second kappa shape index (κ2) is 9.68. The second-order valence-corrected chi connectivity index (χ2v) is 8.54. The van der Waals surface area contributed by atoms with Crippen LogP contribution in [0.2, 0.25) is 10.0 Å². The van der Waals surface area contributed by atoms with Gasteiger partial charge in [0.2, 0.25) is 5.91 Å². The van der Waals surface area contributed by atoms with E-state index in [-0.39, 0.29) is 16.8 Å². The van der Waals surface area contributed by atoms with Gasteiger partial charge in [-0.2, -0.15) is 11.8 Å². The van der Waals surface area contributed by atoms with Crippen molar-refractivity contribution in [2.24, 2.45) is 0 Å². The lowest BCUT2D eigenvalue weighted by atomic mass is 9.99. The van der Waals surface area contributed by atoms with E-state index in [1.807, 2.05) is 23.3 Å². The molecule has 2 aromatic carbocycles. The summed E-state index contributed by atoms with van der Waals surface area (Å²) >= 11 is 13.7. The van der Waals surface area contributed by atoms with E-state index in [0.717, 1.165) is 17.7 Å². The number of amides is 2. The highest BCUT2D eigenvalue weighted by Gasteiger charge is 2.28. The lowest BCUT2D eigenvalue weighted by Gasteiger charge is -2.32. The van der Waals surface area contributed by atoms with Crippen molar-refractivity contribution in [3.05, 3.63) is 69.2 Å². The van der Waals surface area contributed by atoms with Gasteiger partial charge in [0.05, 0.1) is 10.6 Å². The third-order valence-electron chi connectivity index (χ3n) is 4.83. The Labute approximate surface area is 179 Å². The first-order valence-electron chi connectivity index (χ1n) is 9.10. The fraction of sp³-hybridized carbons (Fsp3) is 0.333. The first-order valence-corrected chi connectivity index (χ1v) is 11.2. The van der Waals surface area contributed by atoms with E-state index in [1.54, 1.807) is 23.9 Å². The van der Waals surface area contributed by atoms with E-state index in [0.29, 0.717) is 30.1 Å². The number of carbonyl (C=O) groups is 2. The molecule has 0 aliphatic carbocycles. The maximum Gasteiger partial charge on any atom is 0.253 e. The Morgan fingerprint density at radius 3 is 2.64 bits per heavy atom. The van der Waals surface area contributed by atoms with Gasteiger partial charge >= 0.3 is 0 Å². The van der Waals surface area contributed by atoms with E-state index >= 15 is 0 Å². The first kappa shape index (κ1) is 21.0. The molecule has 1 aliphatic heterocycles. The van der Waals surface area contributed by atoms with Crippen molar-refractivity contribution < 1.29 is 9.59 Å². The van der Waals surface area contributed by atoms with Crippen molar-refractivity contribution in [3.8, 4) is 0 Å². The molecule has 1 heterocycles. The van der Waals surface area contributed by atoms with E-state index in [2.05, 4.69) is 17.4 Å². The van der Waals surface area contributed by atoms with Crippen LogP contribution < -0.4 is 5.32 Å². The molecular weight excluding hydrogens is 415 g/mol. The van der Waals surface area contributed by atoms with Crippen molar-refractivity contribution in [2.75, 3.05) is 18.6 Å². The lowest BCUT2D eigenvalue weighted by Crippen LogP contribution is -2.50. The summed E-state index contributed by atoms with van der Waals surface area (Å²) in [6.45, 7) is 1.23. The monoisotopic (exact) mass is 436 g/mol. The van der Waals surface area contributed by atoms with Crippen molar-refractivity contribution in [1.82, 2.24) is 10.2 Å². The average Bonchev–Trinajstić information content (AvgIpc) is 2.70. The van der Waals surface area contributed by atoms with Gasteiger partial charge in [0.1, 0.15) is 6.04 Å². The predicted octanol–water partition coefficient (Wildman–Crippen LogP) is 4.43. The highest BCUT2D eigenvalue weighted by molar-refractivity contribution is 7.98. The van der Waals surface area contributed by atoms with Crippen molar-refractivity contribution in [3.63, 3.8) is 0 Å². The molecule has 148 valence electrons. The maximum absolute atomic E-state index is 13.2. The van der Waals surface area contributed by atoms with Gasteiger partial charge in [-0.05, 0) is 54.2 Å². The summed E-state index contributed by atoms with van der Waals surface area (Å²) in [4.78, 5) is 27.7. The Balaban J connectivity index is 1.74. The zero-order valence-electron chi connectivity index (χ0n) is 15.6. The number of hydrogen-bond donors (Lipinski definition) is 1. The van der Waals surface area contributed by atoms with Gasteiger partial charge in [0, 0.05) is 18.1 Å². The molecule has 0 fully saturated rings. The number of nitrogens with zero attached hydrogens (tertiary/aromatic N) is 1. The molecule has 2 amide bonds. The zero-order chi connectivity index (χ0) is 20.1. The molecule has 0 aromatic heterocycles. The Kier molecular flexibility index (Phi) is 7.27. The zero-order valence-corrected chi connectivity index (χ0v) is 17.9. The van der Waals surface area contributed by atoms with E-state index < -0.39 is 6.04 Å². The predicted molar refractivity (Wildman–Crippen MR) is 116 cm³/mol. The molecule has 1 atom stereocenters. The summed E-state index contributed by atoms with van der Waals surface area (Å²) < 4.78 is 0. The summed E-state index contributed by atoms with van der Waals surface area (Å²) in [5, 5.41) is 3.61. The number of halogens is 2. The van der Waals surface area contributed by atoms with E-state index in [9.17, 15) is 9.59 Å². The molecule has 0 bridgehead atoms. The molecule has 2 aromatic rings. The number of thioether (sulfide) groups is 1. The average molecular weight is 437 g/mol. The summed E-state index contributed by atoms with van der Waals surface area (Å²) in [7, 11) is 0. The van der Waals surface area contributed by atoms with Crippen LogP contribution in [0.3, 0.4) is 0 Å². The van der Waals surface area contributed by atoms with Crippen LogP contribution in [-0.4, -0.2) is 41.3 Å². The molecule has 4 nitrogen and oxygen atoms in total. The summed E-state index contributed by atoms with van der Waals surface area (Å²) in [6, 6.07) is 12.3. The minimum atomic E-state index is -0.586. The second-order valence-electron chi connectivity index (χ2n) is 6.71. The molecule has 3 rings (SSSR count). The Morgan fingerprint density at radius 1 is 1.18 bits per heavy atom. The fourth-order valence-electron chi connectivity index (χ4n) is 3.31. The van der Waals surface area contributed by atoms with Gasteiger partial charge in [-0.3, -0.25) is 9.59 Å². The number of carbonyl (C=O) groups excluding carboxylic acids is 2. The number of fused-ring (bicyclic) bond motifs is 1. The van der Waals surface area contributed by atoms with Gasteiger partial charge in [-0.25, -0.2) is 0 Å². The molecule has 0 radical (unpaired) electrons. The van der Waals surface area contributed by atoms with Crippen LogP contribution >= 0.6 is 35.0 Å². The van der Waals surface area contributed by atoms with Crippen molar-refractivity contribution >= 4 is 46.8 Å². The van der Waals surface area contributed by atoms with E-state index in [1.165, 1.54) is 11.6 Å². The number of hydrogen-bond acceptors (Lipinski definition) is 3. The quantitative estimate of drug-likeness (QED) is 0.728. The lowest BCUT2D eigenvalue weighted by molar-refractivity contribution is -0.134. The topological polar surface area (TPSA) is 49.4 Å². The Morgan fingerprint density at radius 2 is 1.93 bits per heavy atom. The summed E-state index contributed by atoms with van der Waals surface area (Å²) in [5.74, 6) is 0.357. The normalized spacial score (nSPS) is 14.3. The Bertz CT molecular complexity index is 875. The van der Waals surface area contributed by atoms with Crippen LogP contribution in [0.5, 0.6) is 0 Å². The van der Waals surface area contributed by atoms with E-state index in [4.69, 9.17) is 23.2 Å². The van der Waals surface area contributed by atoms with Crippen LogP contribution in [0.1, 0.15) is 27.9 Å². The number of rotatable bonds is 6. The molecule has 7 heteroatoms. The van der Waals surface area contributed by atoms with Crippen molar-refractivity contribution in [1.29, 1.82) is 0 Å². The summed E-state index contributed by atoms with van der Waals surface area (Å²) in [5.41, 5.74) is 2.76. The third kappa shape index (κ3) is 5.02. The third-order valence-corrected chi connectivity index (χ3v) is 6.02. The maximum atomic E-state index is 13.2. The van der Waals surface area contributed by atoms with Crippen LogP contribution in [0.15, 0.2) is 42.5 Å². The van der Waals surface area contributed by atoms with Gasteiger partial charge in [0.15, 0.2) is 0 Å². The standard InChI is InChI=1S/C21H22Cl2N2O2S/c1-28-11-9-19(24-20(26)17-7-6-16(22)12-18(17)23)21(27)25-10-8-14-4-2-3-5-15(14)13-25/h2-7,12,19H,8-11,13H2,1H3,(H,24,26). The van der Waals surface area contributed by atoms with Gasteiger partial charge in [-0.15, -0.1) is 0 Å². The molecule has 0 spiro atoms. The van der Waals surface area contributed by atoms with Gasteiger partial charge in [-0.1, -0.05) is 47.5 Å². The molecule has 1 unspecified atom stereocenters. The van der Waals surface area contributed by atoms with Crippen molar-refractivity contribution in [2.45, 2.75) is 25.4 Å². The number of benzene rings is 2. The molecule has 0 saturated heterocycles. The molecule has 0 saturated carbocycles. The molecule has 1 aliphatic rings. The smallest absolute Gasteiger partial charge is 0.253 e. The largest absolute Gasteiger partial charge is 0.340 e. The molecule has 28 heavy (non-hydrogen) atoms. The fourth-order valence-corrected chi connectivity index (χ4v) is 4.27. The molecular formula is C21H22Cl2N2O2S. The van der Waals surface area contributed by atoms with Gasteiger partial charge in [0.25, 0.3) is 5.91 Å². The van der Waals surface area contributed by atoms with Crippen LogP contribution in [0.25, 0.3) is 0 Å². The first-order chi connectivity index (χ1) is 13.5. The SMILES string of the molecule is CSCCC(NC(=O)c1ccc(Cl)cc1Cl)C(=O)N1CCc2ccccc2C1. The highest BCUT2D eigenvalue weighted by Crippen LogP contribution is 2.22. The number of nitrogens with one attached hydrogen (secondary N) is 1. The van der Waals surface area contributed by atoms with Crippen LogP contribution in [-0.2, 0) is 17.8 Å². The minimum absolute atomic E-state index is 0.0537. The summed E-state index contributed by atoms with van der Waals surface area (Å²) in [6.07, 6.45) is 3.37. The molecule has 1 N–H and O–H groups in total. The van der Waals surface area contributed by atoms with Crippen LogP contribution in [0, 0.1) is 0 Å². The van der Waals surface area contributed by atoms with Gasteiger partial charge < -0.3 is 10.2 Å². The minimum Gasteiger partial charge on any atom is -0.340 e. The Hall–Kier alpha value is -1.69. The highest BCUT2D eigenvalue weighted by atomic mass is 35.5.